The van der Waals surface area contributed by atoms with Crippen LogP contribution in [0, 0.1) is 0 Å². The number of rotatable bonds is 4. The monoisotopic (exact) mass is 301 g/mol. The van der Waals surface area contributed by atoms with Gasteiger partial charge in [0.15, 0.2) is 9.84 Å². The summed E-state index contributed by atoms with van der Waals surface area (Å²) in [6, 6.07) is 3.89. The molecule has 0 radical (unpaired) electrons. The van der Waals surface area contributed by atoms with E-state index >= 15 is 0 Å². The third-order valence-corrected chi connectivity index (χ3v) is 5.84. The average molecular weight is 301 g/mol. The van der Waals surface area contributed by atoms with Crippen molar-refractivity contribution in [3.05, 3.63) is 23.9 Å². The summed E-state index contributed by atoms with van der Waals surface area (Å²) in [6.07, 6.45) is 3.12. The second-order valence-corrected chi connectivity index (χ2v) is 7.98. The molecule has 1 aromatic rings. The summed E-state index contributed by atoms with van der Waals surface area (Å²) < 4.78 is 23.6. The molecule has 1 atom stereocenters. The van der Waals surface area contributed by atoms with Crippen LogP contribution in [-0.4, -0.2) is 55.0 Å². The molecule has 1 saturated heterocycles. The molecule has 0 amide bonds. The van der Waals surface area contributed by atoms with Gasteiger partial charge in [-0.3, -0.25) is 4.90 Å². The third-order valence-electron chi connectivity index (χ3n) is 3.15. The van der Waals surface area contributed by atoms with Gasteiger partial charge in [0.1, 0.15) is 11.2 Å². The van der Waals surface area contributed by atoms with Crippen LogP contribution in [-0.2, 0) is 16.4 Å². The van der Waals surface area contributed by atoms with E-state index in [9.17, 15) is 8.42 Å². The molecule has 19 heavy (non-hydrogen) atoms. The Kier molecular flexibility index (Phi) is 4.70. The van der Waals surface area contributed by atoms with E-state index in [2.05, 4.69) is 10.3 Å². The maximum absolute atomic E-state index is 11.8. The molecule has 0 saturated carbocycles. The highest BCUT2D eigenvalue weighted by molar-refractivity contribution is 8.00. The van der Waals surface area contributed by atoms with Crippen molar-refractivity contribution < 1.29 is 8.42 Å². The summed E-state index contributed by atoms with van der Waals surface area (Å²) >= 11 is 1.70. The quantitative estimate of drug-likeness (QED) is 0.897. The first-order valence-electron chi connectivity index (χ1n) is 6.14. The van der Waals surface area contributed by atoms with Crippen molar-refractivity contribution >= 4 is 27.4 Å². The minimum Gasteiger partial charge on any atom is -0.373 e. The molecule has 0 aliphatic carbocycles. The van der Waals surface area contributed by atoms with Gasteiger partial charge in [-0.1, -0.05) is 6.07 Å². The number of thioether (sulfide) groups is 1. The van der Waals surface area contributed by atoms with E-state index in [1.54, 1.807) is 18.0 Å². The van der Waals surface area contributed by atoms with Gasteiger partial charge in [0.25, 0.3) is 0 Å². The summed E-state index contributed by atoms with van der Waals surface area (Å²) in [6.45, 7) is 1.44. The normalized spacial score (nSPS) is 21.3. The minimum absolute atomic E-state index is 0.379. The second-order valence-electron chi connectivity index (χ2n) is 4.63. The molecule has 1 aliphatic rings. The van der Waals surface area contributed by atoms with Crippen LogP contribution >= 0.6 is 11.8 Å². The lowest BCUT2D eigenvalue weighted by Gasteiger charge is -2.33. The smallest absolute Gasteiger partial charge is 0.164 e. The SMILES string of the molecule is CNc1ccc(CN2CCSCC2S(C)(=O)=O)cn1. The summed E-state index contributed by atoms with van der Waals surface area (Å²) in [7, 11) is -1.21. The molecule has 0 aromatic carbocycles. The highest BCUT2D eigenvalue weighted by atomic mass is 32.2. The summed E-state index contributed by atoms with van der Waals surface area (Å²) in [5.41, 5.74) is 1.04. The topological polar surface area (TPSA) is 62.3 Å². The molecular weight excluding hydrogens is 282 g/mol. The largest absolute Gasteiger partial charge is 0.373 e. The first kappa shape index (κ1) is 14.6. The van der Waals surface area contributed by atoms with Crippen LogP contribution in [0.1, 0.15) is 5.56 Å². The summed E-state index contributed by atoms with van der Waals surface area (Å²) in [4.78, 5) is 6.29. The number of hydrogen-bond acceptors (Lipinski definition) is 6. The van der Waals surface area contributed by atoms with Gasteiger partial charge >= 0.3 is 0 Å². The van der Waals surface area contributed by atoms with Crippen LogP contribution in [0.2, 0.25) is 0 Å². The first-order valence-corrected chi connectivity index (χ1v) is 9.25. The van der Waals surface area contributed by atoms with Gasteiger partial charge in [-0.15, -0.1) is 0 Å². The molecule has 0 spiro atoms. The predicted molar refractivity (Wildman–Crippen MR) is 80.2 cm³/mol. The Hall–Kier alpha value is -0.790. The fourth-order valence-corrected chi connectivity index (χ4v) is 5.03. The van der Waals surface area contributed by atoms with Crippen molar-refractivity contribution in [2.24, 2.45) is 0 Å². The zero-order chi connectivity index (χ0) is 13.9. The number of sulfone groups is 1. The Morgan fingerprint density at radius 2 is 2.32 bits per heavy atom. The molecule has 1 aliphatic heterocycles. The lowest BCUT2D eigenvalue weighted by Crippen LogP contribution is -2.46. The molecule has 2 rings (SSSR count). The van der Waals surface area contributed by atoms with Crippen LogP contribution < -0.4 is 5.32 Å². The van der Waals surface area contributed by atoms with E-state index in [4.69, 9.17) is 0 Å². The third kappa shape index (κ3) is 3.84. The number of hydrogen-bond donors (Lipinski definition) is 1. The lowest BCUT2D eigenvalue weighted by molar-refractivity contribution is 0.262. The molecule has 0 bridgehead atoms. The maximum atomic E-state index is 11.8. The Balaban J connectivity index is 2.10. The molecule has 1 aromatic heterocycles. The Morgan fingerprint density at radius 3 is 2.89 bits per heavy atom. The van der Waals surface area contributed by atoms with Gasteiger partial charge in [0.05, 0.1) is 0 Å². The Morgan fingerprint density at radius 1 is 1.53 bits per heavy atom. The molecule has 5 nitrogen and oxygen atoms in total. The standard InChI is InChI=1S/C12H19N3O2S2/c1-13-11-4-3-10(7-14-11)8-15-5-6-18-9-12(15)19(2,16)17/h3-4,7,12H,5-6,8-9H2,1-2H3,(H,13,14). The average Bonchev–Trinajstić information content (AvgIpc) is 2.39. The van der Waals surface area contributed by atoms with Crippen molar-refractivity contribution in [3.8, 4) is 0 Å². The van der Waals surface area contributed by atoms with Crippen molar-refractivity contribution in [2.75, 3.05) is 36.7 Å². The molecule has 7 heteroatoms. The first-order chi connectivity index (χ1) is 9.00. The predicted octanol–water partition coefficient (Wildman–Crippen LogP) is 1.04. The highest BCUT2D eigenvalue weighted by Crippen LogP contribution is 2.22. The number of aromatic nitrogens is 1. The van der Waals surface area contributed by atoms with Crippen molar-refractivity contribution in [2.45, 2.75) is 11.9 Å². The van der Waals surface area contributed by atoms with Crippen LogP contribution in [0.15, 0.2) is 18.3 Å². The highest BCUT2D eigenvalue weighted by Gasteiger charge is 2.30. The van der Waals surface area contributed by atoms with Crippen LogP contribution in [0.3, 0.4) is 0 Å². The lowest BCUT2D eigenvalue weighted by atomic mass is 10.2. The maximum Gasteiger partial charge on any atom is 0.164 e. The zero-order valence-electron chi connectivity index (χ0n) is 11.2. The number of nitrogens with zero attached hydrogens (tertiary/aromatic N) is 2. The molecular formula is C12H19N3O2S2. The van der Waals surface area contributed by atoms with E-state index in [0.717, 1.165) is 23.7 Å². The van der Waals surface area contributed by atoms with Gasteiger partial charge in [0.2, 0.25) is 0 Å². The van der Waals surface area contributed by atoms with Gasteiger partial charge in [0, 0.05) is 44.1 Å². The van der Waals surface area contributed by atoms with E-state index in [1.165, 1.54) is 6.26 Å². The number of nitrogens with one attached hydrogen (secondary N) is 1. The number of pyridine rings is 1. The van der Waals surface area contributed by atoms with Crippen molar-refractivity contribution in [3.63, 3.8) is 0 Å². The van der Waals surface area contributed by atoms with E-state index in [0.29, 0.717) is 12.3 Å². The summed E-state index contributed by atoms with van der Waals surface area (Å²) in [5, 5.41) is 2.59. The van der Waals surface area contributed by atoms with Crippen molar-refractivity contribution in [1.29, 1.82) is 0 Å². The second kappa shape index (κ2) is 6.11. The number of anilines is 1. The van der Waals surface area contributed by atoms with Crippen LogP contribution in [0.5, 0.6) is 0 Å². The van der Waals surface area contributed by atoms with E-state index in [-0.39, 0.29) is 5.37 Å². The Labute approximate surface area is 118 Å². The fraction of sp³-hybridized carbons (Fsp3) is 0.583. The van der Waals surface area contributed by atoms with Gasteiger partial charge < -0.3 is 5.32 Å². The van der Waals surface area contributed by atoms with Gasteiger partial charge in [-0.05, 0) is 11.6 Å². The van der Waals surface area contributed by atoms with E-state index < -0.39 is 9.84 Å². The van der Waals surface area contributed by atoms with Crippen LogP contribution in [0.4, 0.5) is 5.82 Å². The Bertz CT molecular complexity index is 516. The summed E-state index contributed by atoms with van der Waals surface area (Å²) in [5.74, 6) is 2.45. The van der Waals surface area contributed by atoms with Crippen molar-refractivity contribution in [1.82, 2.24) is 9.88 Å². The van der Waals surface area contributed by atoms with E-state index in [1.807, 2.05) is 24.1 Å². The zero-order valence-corrected chi connectivity index (χ0v) is 12.8. The van der Waals surface area contributed by atoms with Gasteiger partial charge in [-0.2, -0.15) is 11.8 Å². The minimum atomic E-state index is -3.04. The molecule has 2 heterocycles. The molecule has 1 fully saturated rings. The fourth-order valence-electron chi connectivity index (χ4n) is 2.09. The van der Waals surface area contributed by atoms with Gasteiger partial charge in [-0.25, -0.2) is 13.4 Å². The molecule has 1 unspecified atom stereocenters. The molecule has 1 N–H and O–H groups in total. The molecule has 106 valence electrons. The van der Waals surface area contributed by atoms with Crippen LogP contribution in [0.25, 0.3) is 0 Å².